The first-order chi connectivity index (χ1) is 8.97. The van der Waals surface area contributed by atoms with Crippen LogP contribution in [0.2, 0.25) is 0 Å². The SMILES string of the molecule is CN1CCC(CN(C)c2ccc([N+](=O)[O-])cc2N)C1. The summed E-state index contributed by atoms with van der Waals surface area (Å²) >= 11 is 0. The van der Waals surface area contributed by atoms with E-state index in [4.69, 9.17) is 5.73 Å². The molecule has 104 valence electrons. The lowest BCUT2D eigenvalue weighted by atomic mass is 10.1. The molecular weight excluding hydrogens is 244 g/mol. The Morgan fingerprint density at radius 2 is 2.32 bits per heavy atom. The summed E-state index contributed by atoms with van der Waals surface area (Å²) in [6, 6.07) is 4.65. The van der Waals surface area contributed by atoms with Crippen molar-refractivity contribution in [3.63, 3.8) is 0 Å². The van der Waals surface area contributed by atoms with Gasteiger partial charge in [0.2, 0.25) is 0 Å². The van der Waals surface area contributed by atoms with E-state index in [1.54, 1.807) is 6.07 Å². The van der Waals surface area contributed by atoms with Gasteiger partial charge in [-0.15, -0.1) is 0 Å². The molecule has 1 heterocycles. The number of nitrogens with zero attached hydrogens (tertiary/aromatic N) is 3. The van der Waals surface area contributed by atoms with Gasteiger partial charge in [-0.2, -0.15) is 0 Å². The van der Waals surface area contributed by atoms with Crippen LogP contribution in [0.4, 0.5) is 17.1 Å². The van der Waals surface area contributed by atoms with Crippen LogP contribution >= 0.6 is 0 Å². The number of hydrogen-bond donors (Lipinski definition) is 1. The van der Waals surface area contributed by atoms with Gasteiger partial charge in [-0.25, -0.2) is 0 Å². The van der Waals surface area contributed by atoms with Gasteiger partial charge < -0.3 is 15.5 Å². The maximum atomic E-state index is 10.7. The number of likely N-dealkylation sites (tertiary alicyclic amines) is 1. The number of anilines is 2. The molecule has 1 aromatic carbocycles. The summed E-state index contributed by atoms with van der Waals surface area (Å²) in [7, 11) is 4.11. The molecule has 0 amide bonds. The van der Waals surface area contributed by atoms with Crippen molar-refractivity contribution in [2.75, 3.05) is 44.4 Å². The monoisotopic (exact) mass is 264 g/mol. The van der Waals surface area contributed by atoms with Crippen molar-refractivity contribution in [2.45, 2.75) is 6.42 Å². The Balaban J connectivity index is 2.06. The molecule has 0 saturated carbocycles. The molecule has 1 aliphatic rings. The number of benzene rings is 1. The van der Waals surface area contributed by atoms with Crippen molar-refractivity contribution >= 4 is 17.1 Å². The fourth-order valence-electron chi connectivity index (χ4n) is 2.66. The van der Waals surface area contributed by atoms with Crippen LogP contribution in [0.1, 0.15) is 6.42 Å². The number of nitro benzene ring substituents is 1. The highest BCUT2D eigenvalue weighted by Gasteiger charge is 2.21. The zero-order valence-electron chi connectivity index (χ0n) is 11.4. The summed E-state index contributed by atoms with van der Waals surface area (Å²) in [6.45, 7) is 3.15. The topological polar surface area (TPSA) is 75.6 Å². The van der Waals surface area contributed by atoms with E-state index in [-0.39, 0.29) is 5.69 Å². The van der Waals surface area contributed by atoms with Gasteiger partial charge >= 0.3 is 0 Å². The average Bonchev–Trinajstić information content (AvgIpc) is 2.74. The van der Waals surface area contributed by atoms with Crippen LogP contribution in [0.25, 0.3) is 0 Å². The first-order valence-corrected chi connectivity index (χ1v) is 6.41. The number of rotatable bonds is 4. The van der Waals surface area contributed by atoms with Crippen molar-refractivity contribution in [3.8, 4) is 0 Å². The molecule has 1 aliphatic heterocycles. The first kappa shape index (κ1) is 13.6. The standard InChI is InChI=1S/C13H20N4O2/c1-15-6-5-10(8-15)9-16(2)13-4-3-11(17(18)19)7-12(13)14/h3-4,7,10H,5-6,8-9,14H2,1-2H3. The Bertz CT molecular complexity index is 478. The van der Waals surface area contributed by atoms with Gasteiger partial charge in [0.15, 0.2) is 0 Å². The number of nitrogens with two attached hydrogens (primary N) is 1. The van der Waals surface area contributed by atoms with Gasteiger partial charge in [0.25, 0.3) is 5.69 Å². The van der Waals surface area contributed by atoms with Crippen LogP contribution in [0, 0.1) is 16.0 Å². The van der Waals surface area contributed by atoms with E-state index in [2.05, 4.69) is 16.8 Å². The number of nitro groups is 1. The van der Waals surface area contributed by atoms with Gasteiger partial charge in [-0.3, -0.25) is 10.1 Å². The lowest BCUT2D eigenvalue weighted by Gasteiger charge is -2.24. The van der Waals surface area contributed by atoms with E-state index in [0.717, 1.165) is 25.3 Å². The molecule has 0 radical (unpaired) electrons. The average molecular weight is 264 g/mol. The Labute approximate surface area is 112 Å². The van der Waals surface area contributed by atoms with Gasteiger partial charge in [0, 0.05) is 32.3 Å². The van der Waals surface area contributed by atoms with Crippen LogP contribution in [0.5, 0.6) is 0 Å². The van der Waals surface area contributed by atoms with Crippen LogP contribution in [0.15, 0.2) is 18.2 Å². The Kier molecular flexibility index (Phi) is 3.90. The third-order valence-corrected chi connectivity index (χ3v) is 3.65. The molecule has 1 atom stereocenters. The molecule has 0 aromatic heterocycles. The molecule has 1 aromatic rings. The summed E-state index contributed by atoms with van der Waals surface area (Å²) in [5.41, 5.74) is 7.26. The van der Waals surface area contributed by atoms with E-state index in [1.807, 2.05) is 7.05 Å². The molecule has 6 heteroatoms. The number of nitrogen functional groups attached to an aromatic ring is 1. The lowest BCUT2D eigenvalue weighted by molar-refractivity contribution is -0.384. The zero-order chi connectivity index (χ0) is 14.0. The number of hydrogen-bond acceptors (Lipinski definition) is 5. The minimum atomic E-state index is -0.425. The minimum absolute atomic E-state index is 0.0373. The van der Waals surface area contributed by atoms with Crippen molar-refractivity contribution < 1.29 is 4.92 Å². The molecule has 1 fully saturated rings. The summed E-state index contributed by atoms with van der Waals surface area (Å²) in [6.07, 6.45) is 1.19. The predicted octanol–water partition coefficient (Wildman–Crippen LogP) is 1.56. The highest BCUT2D eigenvalue weighted by Crippen LogP contribution is 2.28. The zero-order valence-corrected chi connectivity index (χ0v) is 11.4. The summed E-state index contributed by atoms with van der Waals surface area (Å²) in [5.74, 6) is 0.629. The normalized spacial score (nSPS) is 19.6. The second-order valence-corrected chi connectivity index (χ2v) is 5.30. The van der Waals surface area contributed by atoms with Crippen LogP contribution in [-0.2, 0) is 0 Å². The summed E-state index contributed by atoms with van der Waals surface area (Å²) < 4.78 is 0. The number of non-ortho nitro benzene ring substituents is 1. The summed E-state index contributed by atoms with van der Waals surface area (Å²) in [4.78, 5) is 14.7. The quantitative estimate of drug-likeness (QED) is 0.507. The molecule has 1 unspecified atom stereocenters. The Morgan fingerprint density at radius 1 is 1.58 bits per heavy atom. The van der Waals surface area contributed by atoms with Crippen LogP contribution in [-0.4, -0.2) is 43.6 Å². The van der Waals surface area contributed by atoms with E-state index in [0.29, 0.717) is 11.6 Å². The molecule has 2 rings (SSSR count). The highest BCUT2D eigenvalue weighted by molar-refractivity contribution is 5.70. The molecule has 0 bridgehead atoms. The second kappa shape index (κ2) is 5.44. The van der Waals surface area contributed by atoms with Crippen molar-refractivity contribution in [1.29, 1.82) is 0 Å². The van der Waals surface area contributed by atoms with E-state index >= 15 is 0 Å². The first-order valence-electron chi connectivity index (χ1n) is 6.41. The van der Waals surface area contributed by atoms with Crippen molar-refractivity contribution in [2.24, 2.45) is 5.92 Å². The van der Waals surface area contributed by atoms with Gasteiger partial charge in [0.1, 0.15) is 0 Å². The Morgan fingerprint density at radius 3 is 2.84 bits per heavy atom. The van der Waals surface area contributed by atoms with E-state index < -0.39 is 4.92 Å². The van der Waals surface area contributed by atoms with Crippen molar-refractivity contribution in [3.05, 3.63) is 28.3 Å². The van der Waals surface area contributed by atoms with Gasteiger partial charge in [0.05, 0.1) is 16.3 Å². The van der Waals surface area contributed by atoms with Crippen LogP contribution < -0.4 is 10.6 Å². The molecule has 1 saturated heterocycles. The molecule has 19 heavy (non-hydrogen) atoms. The highest BCUT2D eigenvalue weighted by atomic mass is 16.6. The fraction of sp³-hybridized carbons (Fsp3) is 0.538. The van der Waals surface area contributed by atoms with Gasteiger partial charge in [-0.05, 0) is 32.0 Å². The maximum absolute atomic E-state index is 10.7. The van der Waals surface area contributed by atoms with Crippen molar-refractivity contribution in [1.82, 2.24) is 4.90 Å². The Hall–Kier alpha value is -1.82. The van der Waals surface area contributed by atoms with Crippen LogP contribution in [0.3, 0.4) is 0 Å². The van der Waals surface area contributed by atoms with Gasteiger partial charge in [-0.1, -0.05) is 0 Å². The molecular formula is C13H20N4O2. The predicted molar refractivity (Wildman–Crippen MR) is 76.4 cm³/mol. The maximum Gasteiger partial charge on any atom is 0.271 e. The second-order valence-electron chi connectivity index (χ2n) is 5.30. The van der Waals surface area contributed by atoms with E-state index in [1.165, 1.54) is 18.6 Å². The minimum Gasteiger partial charge on any atom is -0.397 e. The molecule has 6 nitrogen and oxygen atoms in total. The third kappa shape index (κ3) is 3.14. The largest absolute Gasteiger partial charge is 0.397 e. The molecule has 0 spiro atoms. The smallest absolute Gasteiger partial charge is 0.271 e. The summed E-state index contributed by atoms with van der Waals surface area (Å²) in [5, 5.41) is 10.7. The molecule has 2 N–H and O–H groups in total. The lowest BCUT2D eigenvalue weighted by Crippen LogP contribution is -2.27. The molecule has 0 aliphatic carbocycles. The van der Waals surface area contributed by atoms with E-state index in [9.17, 15) is 10.1 Å². The third-order valence-electron chi connectivity index (χ3n) is 3.65. The fourth-order valence-corrected chi connectivity index (χ4v) is 2.66.